The highest BCUT2D eigenvalue weighted by Crippen LogP contribution is 2.18. The quantitative estimate of drug-likeness (QED) is 0.900. The number of carbonyl (C=O) groups is 1. The van der Waals surface area contributed by atoms with Crippen LogP contribution >= 0.6 is 0 Å². The van der Waals surface area contributed by atoms with Crippen molar-refractivity contribution in [3.63, 3.8) is 0 Å². The van der Waals surface area contributed by atoms with E-state index in [-0.39, 0.29) is 5.91 Å². The van der Waals surface area contributed by atoms with Crippen LogP contribution in [0.25, 0.3) is 0 Å². The van der Waals surface area contributed by atoms with Crippen molar-refractivity contribution < 1.29 is 4.79 Å². The van der Waals surface area contributed by atoms with Gasteiger partial charge in [0, 0.05) is 13.1 Å². The molecule has 0 saturated carbocycles. The molecule has 6 heteroatoms. The highest BCUT2D eigenvalue weighted by molar-refractivity contribution is 5.84. The molecule has 1 saturated heterocycles. The van der Waals surface area contributed by atoms with Gasteiger partial charge < -0.3 is 10.2 Å². The van der Waals surface area contributed by atoms with Crippen LogP contribution < -0.4 is 5.32 Å². The Bertz CT molecular complexity index is 557. The number of hydrogen-bond acceptors (Lipinski definition) is 5. The molecule has 1 amide bonds. The Morgan fingerprint density at radius 1 is 1.35 bits per heavy atom. The third-order valence-corrected chi connectivity index (χ3v) is 3.71. The highest BCUT2D eigenvalue weighted by atomic mass is 16.2. The normalized spacial score (nSPS) is 15.8. The summed E-state index contributed by atoms with van der Waals surface area (Å²) in [4.78, 5) is 14.1. The molecule has 0 bridgehead atoms. The molecule has 1 aliphatic heterocycles. The van der Waals surface area contributed by atoms with Crippen molar-refractivity contribution >= 4 is 11.7 Å². The van der Waals surface area contributed by atoms with E-state index in [1.165, 1.54) is 0 Å². The molecule has 0 aliphatic carbocycles. The van der Waals surface area contributed by atoms with Crippen molar-refractivity contribution in [1.29, 1.82) is 5.26 Å². The third-order valence-electron chi connectivity index (χ3n) is 3.71. The van der Waals surface area contributed by atoms with E-state index in [2.05, 4.69) is 21.6 Å². The predicted octanol–water partition coefficient (Wildman–Crippen LogP) is 1.39. The van der Waals surface area contributed by atoms with Crippen LogP contribution in [0.1, 0.15) is 36.6 Å². The highest BCUT2D eigenvalue weighted by Gasteiger charge is 2.24. The number of carbonyl (C=O) groups excluding carboxylic acids is 1. The molecule has 6 nitrogen and oxygen atoms in total. The van der Waals surface area contributed by atoms with Gasteiger partial charge >= 0.3 is 0 Å². The van der Waals surface area contributed by atoms with Gasteiger partial charge in [0.15, 0.2) is 5.82 Å². The van der Waals surface area contributed by atoms with Gasteiger partial charge in [-0.15, -0.1) is 5.10 Å². The zero-order valence-electron chi connectivity index (χ0n) is 12.1. The van der Waals surface area contributed by atoms with E-state index in [4.69, 9.17) is 0 Å². The predicted molar refractivity (Wildman–Crippen MR) is 75.1 cm³/mol. The van der Waals surface area contributed by atoms with Crippen molar-refractivity contribution in [3.05, 3.63) is 16.8 Å². The lowest BCUT2D eigenvalue weighted by atomic mass is 10.1. The lowest BCUT2D eigenvalue weighted by molar-refractivity contribution is -0.130. The fraction of sp³-hybridized carbons (Fsp3) is 0.571. The van der Waals surface area contributed by atoms with Gasteiger partial charge in [-0.05, 0) is 39.2 Å². The Labute approximate surface area is 118 Å². The summed E-state index contributed by atoms with van der Waals surface area (Å²) in [6.45, 7) is 7.06. The van der Waals surface area contributed by atoms with Crippen LogP contribution in [-0.4, -0.2) is 40.1 Å². The maximum Gasteiger partial charge on any atom is 0.244 e. The molecule has 1 fully saturated rings. The van der Waals surface area contributed by atoms with Crippen LogP contribution in [0.4, 0.5) is 5.82 Å². The minimum Gasteiger partial charge on any atom is -0.356 e. The second-order valence-corrected chi connectivity index (χ2v) is 5.14. The van der Waals surface area contributed by atoms with E-state index in [1.807, 2.05) is 18.7 Å². The van der Waals surface area contributed by atoms with Gasteiger partial charge in [-0.2, -0.15) is 10.4 Å². The summed E-state index contributed by atoms with van der Waals surface area (Å²) in [5, 5.41) is 20.3. The first-order chi connectivity index (χ1) is 9.54. The molecule has 0 radical (unpaired) electrons. The lowest BCUT2D eigenvalue weighted by Crippen LogP contribution is -2.40. The Hall–Kier alpha value is -2.16. The van der Waals surface area contributed by atoms with Crippen LogP contribution in [0, 0.1) is 25.2 Å². The van der Waals surface area contributed by atoms with E-state index in [9.17, 15) is 10.1 Å². The maximum absolute atomic E-state index is 12.2. The molecule has 1 unspecified atom stereocenters. The van der Waals surface area contributed by atoms with Crippen LogP contribution in [-0.2, 0) is 4.79 Å². The topological polar surface area (TPSA) is 81.9 Å². The number of aryl methyl sites for hydroxylation is 1. The van der Waals surface area contributed by atoms with Gasteiger partial charge in [-0.3, -0.25) is 4.79 Å². The Morgan fingerprint density at radius 3 is 2.60 bits per heavy atom. The number of nitrogens with zero attached hydrogens (tertiary/aromatic N) is 4. The van der Waals surface area contributed by atoms with E-state index < -0.39 is 6.04 Å². The maximum atomic E-state index is 12.2. The molecule has 2 rings (SSSR count). The summed E-state index contributed by atoms with van der Waals surface area (Å²) in [5.41, 5.74) is 1.98. The molecule has 1 aromatic heterocycles. The first-order valence-corrected chi connectivity index (χ1v) is 6.84. The van der Waals surface area contributed by atoms with Gasteiger partial charge in [0.2, 0.25) is 5.91 Å². The number of rotatable bonds is 3. The van der Waals surface area contributed by atoms with E-state index in [0.29, 0.717) is 11.4 Å². The summed E-state index contributed by atoms with van der Waals surface area (Å²) < 4.78 is 0. The average molecular weight is 273 g/mol. The fourth-order valence-corrected chi connectivity index (χ4v) is 2.32. The molecular weight excluding hydrogens is 254 g/mol. The van der Waals surface area contributed by atoms with E-state index in [1.54, 1.807) is 6.92 Å². The second kappa shape index (κ2) is 5.87. The minimum absolute atomic E-state index is 0.0476. The fourth-order valence-electron chi connectivity index (χ4n) is 2.32. The number of aromatic nitrogens is 2. The number of anilines is 1. The number of nitriles is 1. The number of likely N-dealkylation sites (tertiary alicyclic amines) is 1. The summed E-state index contributed by atoms with van der Waals surface area (Å²) in [5.74, 6) is 0.432. The zero-order chi connectivity index (χ0) is 14.7. The van der Waals surface area contributed by atoms with Crippen LogP contribution in [0.2, 0.25) is 0 Å². The molecule has 2 heterocycles. The summed E-state index contributed by atoms with van der Waals surface area (Å²) in [6.07, 6.45) is 2.12. The Kier molecular flexibility index (Phi) is 4.18. The first-order valence-electron chi connectivity index (χ1n) is 6.84. The molecule has 1 N–H and O–H groups in total. The summed E-state index contributed by atoms with van der Waals surface area (Å²) in [7, 11) is 0. The lowest BCUT2D eigenvalue weighted by Gasteiger charge is -2.21. The zero-order valence-corrected chi connectivity index (χ0v) is 12.1. The molecule has 0 spiro atoms. The first kappa shape index (κ1) is 14.3. The molecule has 1 aliphatic rings. The SMILES string of the molecule is Cc1nnc(NC(C)C(=O)N2CCCC2)c(C#N)c1C. The van der Waals surface area contributed by atoms with E-state index >= 15 is 0 Å². The number of hydrogen-bond donors (Lipinski definition) is 1. The summed E-state index contributed by atoms with van der Waals surface area (Å²) in [6, 6.07) is 1.72. The molecule has 0 aromatic carbocycles. The minimum atomic E-state index is -0.406. The Balaban J connectivity index is 2.15. The number of nitrogens with one attached hydrogen (secondary N) is 1. The van der Waals surface area contributed by atoms with Crippen LogP contribution in [0.3, 0.4) is 0 Å². The monoisotopic (exact) mass is 273 g/mol. The third kappa shape index (κ3) is 2.72. The van der Waals surface area contributed by atoms with Crippen LogP contribution in [0.15, 0.2) is 0 Å². The van der Waals surface area contributed by atoms with Gasteiger partial charge in [0.1, 0.15) is 17.7 Å². The second-order valence-electron chi connectivity index (χ2n) is 5.14. The largest absolute Gasteiger partial charge is 0.356 e. The molecular formula is C14H19N5O. The van der Waals surface area contributed by atoms with Gasteiger partial charge in [-0.1, -0.05) is 0 Å². The smallest absolute Gasteiger partial charge is 0.244 e. The summed E-state index contributed by atoms with van der Waals surface area (Å²) >= 11 is 0. The van der Waals surface area contributed by atoms with Crippen molar-refractivity contribution in [2.45, 2.75) is 39.7 Å². The van der Waals surface area contributed by atoms with Gasteiger partial charge in [0.05, 0.1) is 5.69 Å². The van der Waals surface area contributed by atoms with Crippen LogP contribution in [0.5, 0.6) is 0 Å². The van der Waals surface area contributed by atoms with Crippen molar-refractivity contribution in [2.24, 2.45) is 0 Å². The molecule has 20 heavy (non-hydrogen) atoms. The molecule has 1 aromatic rings. The molecule has 1 atom stereocenters. The standard InChI is InChI=1S/C14H19N5O/c1-9-10(2)17-18-13(12(9)8-15)16-11(3)14(20)19-6-4-5-7-19/h11H,4-7H2,1-3H3,(H,16,18). The number of amides is 1. The van der Waals surface area contributed by atoms with E-state index in [0.717, 1.165) is 37.2 Å². The van der Waals surface area contributed by atoms with Crippen molar-refractivity contribution in [2.75, 3.05) is 18.4 Å². The Morgan fingerprint density at radius 2 is 2.00 bits per heavy atom. The van der Waals surface area contributed by atoms with Gasteiger partial charge in [-0.25, -0.2) is 0 Å². The van der Waals surface area contributed by atoms with Crippen molar-refractivity contribution in [1.82, 2.24) is 15.1 Å². The molecule has 106 valence electrons. The van der Waals surface area contributed by atoms with Gasteiger partial charge in [0.25, 0.3) is 0 Å². The van der Waals surface area contributed by atoms with Crippen molar-refractivity contribution in [3.8, 4) is 6.07 Å². The average Bonchev–Trinajstić information content (AvgIpc) is 2.96.